The average molecular weight is 273 g/mol. The molecule has 0 fully saturated rings. The van der Waals surface area contributed by atoms with Crippen molar-refractivity contribution in [2.45, 2.75) is 32.7 Å². The van der Waals surface area contributed by atoms with E-state index in [9.17, 15) is 4.79 Å². The van der Waals surface area contributed by atoms with Gasteiger partial charge in [-0.25, -0.2) is 4.79 Å². The van der Waals surface area contributed by atoms with Gasteiger partial charge < -0.3 is 9.84 Å². The quantitative estimate of drug-likeness (QED) is 0.873. The topological polar surface area (TPSA) is 67.2 Å². The van der Waals surface area contributed by atoms with Gasteiger partial charge in [0.2, 0.25) is 0 Å². The van der Waals surface area contributed by atoms with Crippen molar-refractivity contribution < 1.29 is 9.32 Å². The molecule has 0 saturated carbocycles. The lowest BCUT2D eigenvalue weighted by Crippen LogP contribution is -2.32. The third-order valence-corrected chi connectivity index (χ3v) is 2.95. The molecule has 2 rings (SSSR count). The zero-order valence-corrected chi connectivity index (χ0v) is 11.7. The summed E-state index contributed by atoms with van der Waals surface area (Å²) in [5.74, 6) is 1.08. The maximum atomic E-state index is 12.0. The molecule has 2 N–H and O–H groups in total. The smallest absolute Gasteiger partial charge is 0.320 e. The van der Waals surface area contributed by atoms with Gasteiger partial charge in [-0.2, -0.15) is 0 Å². The molecule has 1 heterocycles. The maximum absolute atomic E-state index is 12.0. The third kappa shape index (κ3) is 3.85. The number of rotatable bonds is 5. The minimum Gasteiger partial charge on any atom is -0.360 e. The first-order chi connectivity index (χ1) is 9.69. The molecule has 1 atom stereocenters. The number of amides is 2. The first kappa shape index (κ1) is 14.1. The lowest BCUT2D eigenvalue weighted by atomic mass is 10.0. The number of benzene rings is 1. The highest BCUT2D eigenvalue weighted by Crippen LogP contribution is 2.18. The molecule has 5 nitrogen and oxygen atoms in total. The highest BCUT2D eigenvalue weighted by molar-refractivity contribution is 5.88. The van der Waals surface area contributed by atoms with Crippen LogP contribution in [0.4, 0.5) is 10.6 Å². The van der Waals surface area contributed by atoms with Gasteiger partial charge >= 0.3 is 6.03 Å². The lowest BCUT2D eigenvalue weighted by molar-refractivity contribution is 0.247. The van der Waals surface area contributed by atoms with Crippen LogP contribution in [0.3, 0.4) is 0 Å². The van der Waals surface area contributed by atoms with E-state index in [1.54, 1.807) is 13.0 Å². The number of hydrogen-bond donors (Lipinski definition) is 2. The van der Waals surface area contributed by atoms with Crippen LogP contribution in [0.5, 0.6) is 0 Å². The molecule has 20 heavy (non-hydrogen) atoms. The zero-order chi connectivity index (χ0) is 14.4. The number of nitrogens with one attached hydrogen (secondary N) is 2. The van der Waals surface area contributed by atoms with Gasteiger partial charge in [0.25, 0.3) is 0 Å². The summed E-state index contributed by atoms with van der Waals surface area (Å²) in [7, 11) is 0. The van der Waals surface area contributed by atoms with Crippen molar-refractivity contribution >= 4 is 11.8 Å². The van der Waals surface area contributed by atoms with E-state index in [4.69, 9.17) is 4.52 Å². The molecule has 106 valence electrons. The van der Waals surface area contributed by atoms with E-state index < -0.39 is 0 Å². The molecule has 1 aromatic carbocycles. The summed E-state index contributed by atoms with van der Waals surface area (Å²) < 4.78 is 4.91. The normalized spacial score (nSPS) is 11.9. The predicted molar refractivity (Wildman–Crippen MR) is 77.5 cm³/mol. The zero-order valence-electron chi connectivity index (χ0n) is 11.7. The number of aryl methyl sites for hydroxylation is 1. The van der Waals surface area contributed by atoms with Gasteiger partial charge in [-0.1, -0.05) is 48.8 Å². The maximum Gasteiger partial charge on any atom is 0.320 e. The van der Waals surface area contributed by atoms with Gasteiger partial charge in [0.15, 0.2) is 5.82 Å². The van der Waals surface area contributed by atoms with Crippen LogP contribution in [-0.2, 0) is 0 Å². The molecule has 1 unspecified atom stereocenters. The number of urea groups is 1. The minimum atomic E-state index is -0.277. The average Bonchev–Trinajstić information content (AvgIpc) is 2.84. The van der Waals surface area contributed by atoms with Gasteiger partial charge in [-0.3, -0.25) is 5.32 Å². The van der Waals surface area contributed by atoms with E-state index in [1.807, 2.05) is 30.3 Å². The summed E-state index contributed by atoms with van der Waals surface area (Å²) in [6.07, 6.45) is 1.87. The van der Waals surface area contributed by atoms with Crippen molar-refractivity contribution in [3.05, 3.63) is 47.7 Å². The summed E-state index contributed by atoms with van der Waals surface area (Å²) in [5, 5.41) is 9.36. The molecule has 0 saturated heterocycles. The monoisotopic (exact) mass is 273 g/mol. The van der Waals surface area contributed by atoms with E-state index >= 15 is 0 Å². The van der Waals surface area contributed by atoms with E-state index in [1.165, 1.54) is 0 Å². The predicted octanol–water partition coefficient (Wildman–Crippen LogP) is 3.65. The van der Waals surface area contributed by atoms with E-state index in [0.717, 1.165) is 18.4 Å². The Kier molecular flexibility index (Phi) is 4.76. The standard InChI is InChI=1S/C15H19N3O2/c1-3-7-13(12-8-5-4-6-9-12)16-15(19)17-14-10-11(2)20-18-14/h4-6,8-10,13H,3,7H2,1-2H3,(H2,16,17,18,19). The molecule has 0 aliphatic heterocycles. The number of aromatic nitrogens is 1. The second-order valence-corrected chi connectivity index (χ2v) is 4.67. The SMILES string of the molecule is CCCC(NC(=O)Nc1cc(C)on1)c1ccccc1. The van der Waals surface area contributed by atoms with Crippen LogP contribution in [-0.4, -0.2) is 11.2 Å². The van der Waals surface area contributed by atoms with Crippen molar-refractivity contribution in [2.24, 2.45) is 0 Å². The number of anilines is 1. The van der Waals surface area contributed by atoms with Crippen LogP contribution >= 0.6 is 0 Å². The molecule has 1 aromatic heterocycles. The largest absolute Gasteiger partial charge is 0.360 e. The number of nitrogens with zero attached hydrogens (tertiary/aromatic N) is 1. The first-order valence-electron chi connectivity index (χ1n) is 6.75. The molecule has 0 bridgehead atoms. The summed E-state index contributed by atoms with van der Waals surface area (Å²) in [5.41, 5.74) is 1.10. The van der Waals surface area contributed by atoms with Crippen molar-refractivity contribution in [2.75, 3.05) is 5.32 Å². The Hall–Kier alpha value is -2.30. The lowest BCUT2D eigenvalue weighted by Gasteiger charge is -2.18. The van der Waals surface area contributed by atoms with E-state index in [-0.39, 0.29) is 12.1 Å². The fraction of sp³-hybridized carbons (Fsp3) is 0.333. The Labute approximate surface area is 118 Å². The van der Waals surface area contributed by atoms with Gasteiger partial charge in [0, 0.05) is 6.07 Å². The second kappa shape index (κ2) is 6.75. The third-order valence-electron chi connectivity index (χ3n) is 2.95. The highest BCUT2D eigenvalue weighted by Gasteiger charge is 2.14. The van der Waals surface area contributed by atoms with Crippen LogP contribution in [0.25, 0.3) is 0 Å². The Morgan fingerprint density at radius 1 is 1.35 bits per heavy atom. The van der Waals surface area contributed by atoms with Crippen molar-refractivity contribution in [1.82, 2.24) is 10.5 Å². The van der Waals surface area contributed by atoms with Crippen molar-refractivity contribution in [1.29, 1.82) is 0 Å². The second-order valence-electron chi connectivity index (χ2n) is 4.67. The molecule has 5 heteroatoms. The fourth-order valence-electron chi connectivity index (χ4n) is 2.03. The van der Waals surface area contributed by atoms with Crippen LogP contribution in [0.1, 0.15) is 37.1 Å². The van der Waals surface area contributed by atoms with Crippen LogP contribution in [0, 0.1) is 6.92 Å². The number of carbonyl (C=O) groups excluding carboxylic acids is 1. The summed E-state index contributed by atoms with van der Waals surface area (Å²) >= 11 is 0. The van der Waals surface area contributed by atoms with Gasteiger partial charge in [-0.15, -0.1) is 0 Å². The number of hydrogen-bond acceptors (Lipinski definition) is 3. The first-order valence-corrected chi connectivity index (χ1v) is 6.75. The molecule has 0 aliphatic rings. The van der Waals surface area contributed by atoms with Crippen LogP contribution in [0.2, 0.25) is 0 Å². The Morgan fingerprint density at radius 3 is 2.70 bits per heavy atom. The molecular formula is C15H19N3O2. The molecule has 0 spiro atoms. The van der Waals surface area contributed by atoms with Crippen molar-refractivity contribution in [3.8, 4) is 0 Å². The minimum absolute atomic E-state index is 0.00537. The molecule has 2 amide bonds. The van der Waals surface area contributed by atoms with E-state index in [2.05, 4.69) is 22.7 Å². The summed E-state index contributed by atoms with van der Waals surface area (Å²) in [6, 6.07) is 11.3. The number of carbonyl (C=O) groups is 1. The highest BCUT2D eigenvalue weighted by atomic mass is 16.5. The van der Waals surface area contributed by atoms with Crippen LogP contribution < -0.4 is 10.6 Å². The van der Waals surface area contributed by atoms with Crippen LogP contribution in [0.15, 0.2) is 40.9 Å². The summed E-state index contributed by atoms with van der Waals surface area (Å²) in [4.78, 5) is 12.0. The molecule has 2 aromatic rings. The Morgan fingerprint density at radius 2 is 2.10 bits per heavy atom. The molecular weight excluding hydrogens is 254 g/mol. The Bertz CT molecular complexity index is 551. The van der Waals surface area contributed by atoms with Gasteiger partial charge in [0.1, 0.15) is 5.76 Å². The molecule has 0 radical (unpaired) electrons. The van der Waals surface area contributed by atoms with Gasteiger partial charge in [0.05, 0.1) is 6.04 Å². The fourth-order valence-corrected chi connectivity index (χ4v) is 2.03. The van der Waals surface area contributed by atoms with E-state index in [0.29, 0.717) is 11.6 Å². The van der Waals surface area contributed by atoms with Gasteiger partial charge in [-0.05, 0) is 18.9 Å². The summed E-state index contributed by atoms with van der Waals surface area (Å²) in [6.45, 7) is 3.87. The Balaban J connectivity index is 1.99. The molecule has 0 aliphatic carbocycles. The van der Waals surface area contributed by atoms with Crippen molar-refractivity contribution in [3.63, 3.8) is 0 Å².